The molecule has 2 N–H and O–H groups in total. The van der Waals surface area contributed by atoms with Crippen LogP contribution in [0.15, 0.2) is 18.3 Å². The highest BCUT2D eigenvalue weighted by Crippen LogP contribution is 1.99. The maximum Gasteiger partial charge on any atom is 0.271 e. The van der Waals surface area contributed by atoms with Crippen molar-refractivity contribution in [2.45, 2.75) is 0 Å². The fraction of sp³-hybridized carbons (Fsp3) is 0. The maximum absolute atomic E-state index is 10.5. The molecule has 1 aromatic rings. The molecule has 1 amide bonds. The maximum atomic E-state index is 10.5. The largest absolute Gasteiger partial charge is 0.364 e. The van der Waals surface area contributed by atoms with E-state index < -0.39 is 10.9 Å². The van der Waals surface area contributed by atoms with Crippen LogP contribution in [0.25, 0.3) is 0 Å². The monoisotopic (exact) mass is 155 g/mol. The van der Waals surface area contributed by atoms with Gasteiger partial charge in [-0.15, -0.1) is 0 Å². The third-order valence-electron chi connectivity index (χ3n) is 1.16. The molecule has 1 aromatic heterocycles. The SMILES string of the molecule is NC(=O)c1cccn1[N+](=O)[O-]. The van der Waals surface area contributed by atoms with Crippen LogP contribution in [0, 0.1) is 10.1 Å². The lowest BCUT2D eigenvalue weighted by Gasteiger charge is -1.92. The van der Waals surface area contributed by atoms with Gasteiger partial charge < -0.3 is 5.73 Å². The van der Waals surface area contributed by atoms with Crippen LogP contribution < -0.4 is 5.73 Å². The summed E-state index contributed by atoms with van der Waals surface area (Å²) in [5.74, 6) is -0.813. The number of rotatable bonds is 2. The molecule has 6 nitrogen and oxygen atoms in total. The van der Waals surface area contributed by atoms with Gasteiger partial charge in [-0.25, -0.2) is 10.1 Å². The number of primary amides is 1. The Morgan fingerprint density at radius 2 is 2.36 bits per heavy atom. The van der Waals surface area contributed by atoms with E-state index in [0.717, 1.165) is 6.20 Å². The molecule has 0 aliphatic heterocycles. The van der Waals surface area contributed by atoms with Gasteiger partial charge in [0.2, 0.25) is 0 Å². The van der Waals surface area contributed by atoms with Crippen LogP contribution in [-0.2, 0) is 0 Å². The predicted octanol–water partition coefficient (Wildman–Crippen LogP) is -0.373. The first-order valence-electron chi connectivity index (χ1n) is 2.75. The molecule has 0 spiro atoms. The van der Waals surface area contributed by atoms with Gasteiger partial charge in [0.15, 0.2) is 10.7 Å². The van der Waals surface area contributed by atoms with Crippen molar-refractivity contribution in [3.8, 4) is 0 Å². The van der Waals surface area contributed by atoms with Gasteiger partial charge in [0.25, 0.3) is 5.91 Å². The van der Waals surface area contributed by atoms with Crippen molar-refractivity contribution in [3.63, 3.8) is 0 Å². The van der Waals surface area contributed by atoms with E-state index in [2.05, 4.69) is 0 Å². The highest BCUT2D eigenvalue weighted by Gasteiger charge is 2.12. The molecule has 0 saturated carbocycles. The van der Waals surface area contributed by atoms with Crippen LogP contribution in [-0.4, -0.2) is 15.6 Å². The summed E-state index contributed by atoms with van der Waals surface area (Å²) in [6, 6.07) is 2.66. The molecule has 0 aromatic carbocycles. The minimum atomic E-state index is -0.813. The van der Waals surface area contributed by atoms with Gasteiger partial charge in [0.05, 0.1) is 6.20 Å². The van der Waals surface area contributed by atoms with E-state index in [1.807, 2.05) is 0 Å². The molecule has 0 aliphatic rings. The van der Waals surface area contributed by atoms with Crippen LogP contribution in [0.3, 0.4) is 0 Å². The Morgan fingerprint density at radius 3 is 2.73 bits per heavy atom. The van der Waals surface area contributed by atoms with Gasteiger partial charge in [-0.3, -0.25) is 4.79 Å². The lowest BCUT2D eigenvalue weighted by Crippen LogP contribution is -2.20. The normalized spacial score (nSPS) is 9.45. The van der Waals surface area contributed by atoms with Crippen molar-refractivity contribution in [1.29, 1.82) is 0 Å². The van der Waals surface area contributed by atoms with Crippen molar-refractivity contribution < 1.29 is 9.83 Å². The van der Waals surface area contributed by atoms with Gasteiger partial charge in [-0.2, -0.15) is 0 Å². The van der Waals surface area contributed by atoms with Crippen molar-refractivity contribution >= 4 is 5.91 Å². The number of carbonyl (C=O) groups excluding carboxylic acids is 1. The number of nitrogens with zero attached hydrogens (tertiary/aromatic N) is 2. The summed E-state index contributed by atoms with van der Waals surface area (Å²) in [6.45, 7) is 0. The molecule has 0 radical (unpaired) electrons. The van der Waals surface area contributed by atoms with Crippen molar-refractivity contribution in [3.05, 3.63) is 34.1 Å². The second kappa shape index (κ2) is 2.41. The van der Waals surface area contributed by atoms with Gasteiger partial charge in [0, 0.05) is 0 Å². The lowest BCUT2D eigenvalue weighted by molar-refractivity contribution is -0.542. The van der Waals surface area contributed by atoms with Gasteiger partial charge in [-0.1, -0.05) is 4.68 Å². The van der Waals surface area contributed by atoms with Crippen molar-refractivity contribution in [1.82, 2.24) is 4.68 Å². The summed E-state index contributed by atoms with van der Waals surface area (Å²) in [7, 11) is 0. The second-order valence-corrected chi connectivity index (χ2v) is 1.84. The Kier molecular flexibility index (Phi) is 1.59. The first kappa shape index (κ1) is 7.26. The Hall–Kier alpha value is -1.85. The van der Waals surface area contributed by atoms with Crippen LogP contribution >= 0.6 is 0 Å². The summed E-state index contributed by atoms with van der Waals surface area (Å²) in [4.78, 5) is 20.6. The number of amides is 1. The quantitative estimate of drug-likeness (QED) is 0.466. The first-order valence-corrected chi connectivity index (χ1v) is 2.75. The number of nitro groups is 1. The van der Waals surface area contributed by atoms with E-state index in [9.17, 15) is 14.9 Å². The molecular formula is C5H5N3O3. The summed E-state index contributed by atoms with van der Waals surface area (Å²) in [5, 5.41) is 9.43. The number of hydrogen-bond acceptors (Lipinski definition) is 3. The smallest absolute Gasteiger partial charge is 0.271 e. The zero-order valence-corrected chi connectivity index (χ0v) is 5.43. The number of nitrogens with two attached hydrogens (primary N) is 1. The van der Waals surface area contributed by atoms with Crippen LogP contribution in [0.4, 0.5) is 0 Å². The van der Waals surface area contributed by atoms with E-state index in [1.54, 1.807) is 0 Å². The molecule has 1 rings (SSSR count). The Morgan fingerprint density at radius 1 is 1.73 bits per heavy atom. The van der Waals surface area contributed by atoms with Gasteiger partial charge >= 0.3 is 0 Å². The van der Waals surface area contributed by atoms with Crippen molar-refractivity contribution in [2.75, 3.05) is 0 Å². The zero-order valence-electron chi connectivity index (χ0n) is 5.43. The first-order chi connectivity index (χ1) is 5.13. The third-order valence-corrected chi connectivity index (χ3v) is 1.16. The summed E-state index contributed by atoms with van der Waals surface area (Å²) in [5.41, 5.74) is 4.70. The lowest BCUT2D eigenvalue weighted by atomic mass is 10.4. The molecule has 0 fully saturated rings. The predicted molar refractivity (Wildman–Crippen MR) is 35.3 cm³/mol. The van der Waals surface area contributed by atoms with Crippen LogP contribution in [0.1, 0.15) is 10.5 Å². The summed E-state index contributed by atoms with van der Waals surface area (Å²) >= 11 is 0. The highest BCUT2D eigenvalue weighted by atomic mass is 16.7. The molecule has 0 aliphatic carbocycles. The number of aromatic nitrogens is 1. The van der Waals surface area contributed by atoms with Crippen LogP contribution in [0.5, 0.6) is 0 Å². The van der Waals surface area contributed by atoms with Gasteiger partial charge in [0.1, 0.15) is 0 Å². The fourth-order valence-corrected chi connectivity index (χ4v) is 0.710. The average molecular weight is 155 g/mol. The molecule has 11 heavy (non-hydrogen) atoms. The third kappa shape index (κ3) is 1.18. The molecular weight excluding hydrogens is 150 g/mol. The molecule has 0 saturated heterocycles. The van der Waals surface area contributed by atoms with Crippen LogP contribution in [0.2, 0.25) is 0 Å². The minimum Gasteiger partial charge on any atom is -0.364 e. The van der Waals surface area contributed by atoms with E-state index in [1.165, 1.54) is 12.1 Å². The van der Waals surface area contributed by atoms with Crippen molar-refractivity contribution in [2.24, 2.45) is 5.73 Å². The number of hydrogen-bond donors (Lipinski definition) is 1. The van der Waals surface area contributed by atoms with Gasteiger partial charge in [-0.05, 0) is 12.1 Å². The second-order valence-electron chi connectivity index (χ2n) is 1.84. The molecule has 6 heteroatoms. The Labute approximate surface area is 61.3 Å². The average Bonchev–Trinajstić information content (AvgIpc) is 2.32. The zero-order chi connectivity index (χ0) is 8.43. The minimum absolute atomic E-state index is 0.130. The standard InChI is InChI=1S/C5H5N3O3/c6-5(9)4-2-1-3-7(4)8(10)11/h1-3H,(H2,6,9). The topological polar surface area (TPSA) is 91.2 Å². The molecule has 1 heterocycles. The van der Waals surface area contributed by atoms with E-state index >= 15 is 0 Å². The van der Waals surface area contributed by atoms with E-state index in [4.69, 9.17) is 5.73 Å². The molecule has 58 valence electrons. The molecule has 0 unspecified atom stereocenters. The Balaban J connectivity index is 3.16. The summed E-state index contributed by atoms with van der Waals surface area (Å²) in [6.07, 6.45) is 1.15. The number of carbonyl (C=O) groups is 1. The Bertz CT molecular complexity index is 275. The molecule has 0 bridgehead atoms. The highest BCUT2D eigenvalue weighted by molar-refractivity contribution is 5.90. The molecule has 0 atom stereocenters. The van der Waals surface area contributed by atoms with E-state index in [-0.39, 0.29) is 5.69 Å². The fourth-order valence-electron chi connectivity index (χ4n) is 0.710. The summed E-state index contributed by atoms with van der Waals surface area (Å²) < 4.78 is 0.572. The van der Waals surface area contributed by atoms with E-state index in [0.29, 0.717) is 4.68 Å².